The Morgan fingerprint density at radius 3 is 2.15 bits per heavy atom. The van der Waals surface area contributed by atoms with Gasteiger partial charge in [0.05, 0.1) is 0 Å². The molecular formula is C19H19Br. The second-order valence-corrected chi connectivity index (χ2v) is 6.70. The first-order chi connectivity index (χ1) is 9.49. The third-order valence-corrected chi connectivity index (χ3v) is 4.96. The summed E-state index contributed by atoms with van der Waals surface area (Å²) in [7, 11) is 0. The second kappa shape index (κ2) is 4.89. The van der Waals surface area contributed by atoms with Crippen molar-refractivity contribution in [1.82, 2.24) is 0 Å². The van der Waals surface area contributed by atoms with Crippen molar-refractivity contribution in [1.29, 1.82) is 0 Å². The van der Waals surface area contributed by atoms with Crippen molar-refractivity contribution in [3.8, 4) is 0 Å². The third kappa shape index (κ3) is 2.05. The fourth-order valence-corrected chi connectivity index (χ4v) is 3.99. The summed E-state index contributed by atoms with van der Waals surface area (Å²) < 4.78 is 1.19. The smallest absolute Gasteiger partial charge is 0.0287 e. The van der Waals surface area contributed by atoms with E-state index in [1.165, 1.54) is 43.4 Å². The molecule has 1 aliphatic carbocycles. The maximum absolute atomic E-state index is 3.68. The average Bonchev–Trinajstić information content (AvgIpc) is 2.78. The predicted molar refractivity (Wildman–Crippen MR) is 90.4 cm³/mol. The zero-order valence-electron chi connectivity index (χ0n) is 12.4. The van der Waals surface area contributed by atoms with Gasteiger partial charge in [0, 0.05) is 10.4 Å². The first kappa shape index (κ1) is 13.6. The molecule has 0 saturated carbocycles. The van der Waals surface area contributed by atoms with E-state index in [9.17, 15) is 0 Å². The molecule has 0 radical (unpaired) electrons. The van der Waals surface area contributed by atoms with Crippen LogP contribution in [0.25, 0.3) is 6.08 Å². The summed E-state index contributed by atoms with van der Waals surface area (Å²) in [6, 6.07) is 8.94. The number of halogens is 1. The quantitative estimate of drug-likeness (QED) is 0.617. The Hall–Kier alpha value is -1.34. The maximum atomic E-state index is 3.68. The molecule has 1 atom stereocenters. The van der Waals surface area contributed by atoms with Gasteiger partial charge in [-0.15, -0.1) is 0 Å². The van der Waals surface area contributed by atoms with Gasteiger partial charge < -0.3 is 0 Å². The van der Waals surface area contributed by atoms with Crippen LogP contribution in [-0.4, -0.2) is 0 Å². The fraction of sp³-hybridized carbons (Fsp3) is 0.263. The Labute approximate surface area is 129 Å². The number of aryl methyl sites for hydroxylation is 4. The summed E-state index contributed by atoms with van der Waals surface area (Å²) >= 11 is 3.68. The average molecular weight is 327 g/mol. The standard InChI is InChI=1S/C19H19Br/c1-11-9-13(3)18(14(4)10-11)16-7-6-15-17(20)8-5-12(2)19(15)16/h5-10,16H,1-4H3. The highest BCUT2D eigenvalue weighted by molar-refractivity contribution is 9.10. The van der Waals surface area contributed by atoms with Crippen molar-refractivity contribution in [3.63, 3.8) is 0 Å². The van der Waals surface area contributed by atoms with Crippen LogP contribution < -0.4 is 0 Å². The van der Waals surface area contributed by atoms with Gasteiger partial charge in [0.2, 0.25) is 0 Å². The lowest BCUT2D eigenvalue weighted by atomic mass is 9.84. The second-order valence-electron chi connectivity index (χ2n) is 5.84. The van der Waals surface area contributed by atoms with Crippen LogP contribution in [0.15, 0.2) is 34.8 Å². The van der Waals surface area contributed by atoms with Crippen molar-refractivity contribution < 1.29 is 0 Å². The lowest BCUT2D eigenvalue weighted by Gasteiger charge is -2.20. The van der Waals surface area contributed by atoms with Crippen LogP contribution in [0, 0.1) is 27.7 Å². The molecule has 0 nitrogen and oxygen atoms in total. The predicted octanol–water partition coefficient (Wildman–Crippen LogP) is 5.84. The molecule has 0 amide bonds. The molecule has 0 spiro atoms. The van der Waals surface area contributed by atoms with Crippen LogP contribution in [0.5, 0.6) is 0 Å². The fourth-order valence-electron chi connectivity index (χ4n) is 3.51. The van der Waals surface area contributed by atoms with Crippen molar-refractivity contribution in [2.45, 2.75) is 33.6 Å². The van der Waals surface area contributed by atoms with Gasteiger partial charge >= 0.3 is 0 Å². The Morgan fingerprint density at radius 2 is 1.50 bits per heavy atom. The Balaban J connectivity index is 2.23. The molecule has 102 valence electrons. The molecule has 1 unspecified atom stereocenters. The molecule has 20 heavy (non-hydrogen) atoms. The van der Waals surface area contributed by atoms with Crippen LogP contribution >= 0.6 is 15.9 Å². The summed E-state index contributed by atoms with van der Waals surface area (Å²) in [6.07, 6.45) is 4.60. The van der Waals surface area contributed by atoms with Crippen molar-refractivity contribution in [2.24, 2.45) is 0 Å². The highest BCUT2D eigenvalue weighted by Crippen LogP contribution is 2.42. The van der Waals surface area contributed by atoms with Gasteiger partial charge in [-0.3, -0.25) is 0 Å². The van der Waals surface area contributed by atoms with Crippen LogP contribution in [0.3, 0.4) is 0 Å². The zero-order chi connectivity index (χ0) is 14.4. The summed E-state index contributed by atoms with van der Waals surface area (Å²) in [6.45, 7) is 8.84. The topological polar surface area (TPSA) is 0 Å². The molecule has 2 aromatic carbocycles. The van der Waals surface area contributed by atoms with Gasteiger partial charge in [-0.1, -0.05) is 51.8 Å². The van der Waals surface area contributed by atoms with Crippen molar-refractivity contribution in [3.05, 3.63) is 73.8 Å². The monoisotopic (exact) mass is 326 g/mol. The van der Waals surface area contributed by atoms with Gasteiger partial charge in [0.1, 0.15) is 0 Å². The maximum Gasteiger partial charge on any atom is 0.0287 e. The highest BCUT2D eigenvalue weighted by atomic mass is 79.9. The normalized spacial score (nSPS) is 16.6. The van der Waals surface area contributed by atoms with Gasteiger partial charge in [-0.25, -0.2) is 0 Å². The largest absolute Gasteiger partial charge is 0.0719 e. The van der Waals surface area contributed by atoms with E-state index in [0.29, 0.717) is 5.92 Å². The van der Waals surface area contributed by atoms with E-state index >= 15 is 0 Å². The van der Waals surface area contributed by atoms with E-state index in [-0.39, 0.29) is 0 Å². The van der Waals surface area contributed by atoms with Gasteiger partial charge in [0.15, 0.2) is 0 Å². The molecule has 0 bridgehead atoms. The minimum Gasteiger partial charge on any atom is -0.0719 e. The molecule has 1 aliphatic rings. The van der Waals surface area contributed by atoms with Gasteiger partial charge in [0.25, 0.3) is 0 Å². The van der Waals surface area contributed by atoms with E-state index in [1.54, 1.807) is 0 Å². The third-order valence-electron chi connectivity index (χ3n) is 4.27. The summed E-state index contributed by atoms with van der Waals surface area (Å²) in [5, 5.41) is 0. The zero-order valence-corrected chi connectivity index (χ0v) is 14.0. The molecule has 0 heterocycles. The number of allylic oxidation sites excluding steroid dienone is 1. The van der Waals surface area contributed by atoms with E-state index in [4.69, 9.17) is 0 Å². The number of hydrogen-bond acceptors (Lipinski definition) is 0. The number of hydrogen-bond donors (Lipinski definition) is 0. The van der Waals surface area contributed by atoms with Crippen LogP contribution in [0.1, 0.15) is 44.9 Å². The molecule has 2 aromatic rings. The molecule has 0 aromatic heterocycles. The lowest BCUT2D eigenvalue weighted by Crippen LogP contribution is -2.04. The van der Waals surface area contributed by atoms with Crippen LogP contribution in [-0.2, 0) is 0 Å². The summed E-state index contributed by atoms with van der Waals surface area (Å²) in [4.78, 5) is 0. The SMILES string of the molecule is Cc1cc(C)c(C2C=Cc3c(Br)ccc(C)c32)c(C)c1. The molecule has 1 heteroatoms. The van der Waals surface area contributed by atoms with E-state index in [2.05, 4.69) is 80.0 Å². The Bertz CT molecular complexity index is 700. The van der Waals surface area contributed by atoms with E-state index in [1.807, 2.05) is 0 Å². The van der Waals surface area contributed by atoms with Gasteiger partial charge in [-0.05, 0) is 67.1 Å². The molecule has 0 fully saturated rings. The molecular weight excluding hydrogens is 308 g/mol. The van der Waals surface area contributed by atoms with Crippen LogP contribution in [0.2, 0.25) is 0 Å². The van der Waals surface area contributed by atoms with Crippen molar-refractivity contribution >= 4 is 22.0 Å². The Kier molecular flexibility index (Phi) is 3.33. The molecule has 0 N–H and O–H groups in total. The minimum atomic E-state index is 0.392. The van der Waals surface area contributed by atoms with E-state index in [0.717, 1.165) is 0 Å². The number of benzene rings is 2. The highest BCUT2D eigenvalue weighted by Gasteiger charge is 2.25. The van der Waals surface area contributed by atoms with E-state index < -0.39 is 0 Å². The van der Waals surface area contributed by atoms with Crippen LogP contribution in [0.4, 0.5) is 0 Å². The van der Waals surface area contributed by atoms with Crippen molar-refractivity contribution in [2.75, 3.05) is 0 Å². The molecule has 0 aliphatic heterocycles. The number of rotatable bonds is 1. The first-order valence-corrected chi connectivity index (χ1v) is 7.83. The van der Waals surface area contributed by atoms with Gasteiger partial charge in [-0.2, -0.15) is 0 Å². The minimum absolute atomic E-state index is 0.392. The molecule has 3 rings (SSSR count). The summed E-state index contributed by atoms with van der Waals surface area (Å²) in [5.74, 6) is 0.392. The summed E-state index contributed by atoms with van der Waals surface area (Å²) in [5.41, 5.74) is 9.76. The number of fused-ring (bicyclic) bond motifs is 1. The molecule has 0 saturated heterocycles. The Morgan fingerprint density at radius 1 is 0.850 bits per heavy atom. The first-order valence-electron chi connectivity index (χ1n) is 7.04. The lowest BCUT2D eigenvalue weighted by molar-refractivity contribution is 0.988.